The summed E-state index contributed by atoms with van der Waals surface area (Å²) in [7, 11) is -1.28. The van der Waals surface area contributed by atoms with Crippen LogP contribution in [0.25, 0.3) is 22.3 Å². The van der Waals surface area contributed by atoms with Crippen LogP contribution in [0.2, 0.25) is 0 Å². The van der Waals surface area contributed by atoms with E-state index in [1.54, 1.807) is 14.2 Å². The number of phosphoric acid groups is 1. The summed E-state index contributed by atoms with van der Waals surface area (Å²) in [4.78, 5) is 11.1. The first-order valence-corrected chi connectivity index (χ1v) is 14.3. The Kier molecular flexibility index (Phi) is 5.16. The van der Waals surface area contributed by atoms with E-state index in [1.165, 1.54) is 0 Å². The molecule has 0 unspecified atom stereocenters. The summed E-state index contributed by atoms with van der Waals surface area (Å²) in [5, 5.41) is 0. The first kappa shape index (κ1) is 23.4. The van der Waals surface area contributed by atoms with Gasteiger partial charge >= 0.3 is 7.82 Å². The molecule has 1 aliphatic heterocycles. The molecule has 3 aliphatic rings. The number of benzene rings is 4. The molecule has 0 bridgehead atoms. The second-order valence-electron chi connectivity index (χ2n) is 10.1. The van der Waals surface area contributed by atoms with Crippen LogP contribution in [0.5, 0.6) is 23.0 Å². The highest BCUT2D eigenvalue weighted by Crippen LogP contribution is 2.65. The molecule has 1 spiro atoms. The van der Waals surface area contributed by atoms with E-state index in [1.807, 2.05) is 60.7 Å². The summed E-state index contributed by atoms with van der Waals surface area (Å²) >= 11 is 0. The van der Waals surface area contributed by atoms with E-state index in [-0.39, 0.29) is 5.41 Å². The average molecular weight is 527 g/mol. The third-order valence-electron chi connectivity index (χ3n) is 8.30. The van der Waals surface area contributed by atoms with E-state index in [9.17, 15) is 9.46 Å². The largest absolute Gasteiger partial charge is 0.584 e. The Labute approximate surface area is 221 Å². The van der Waals surface area contributed by atoms with Crippen LogP contribution in [0.15, 0.2) is 72.8 Å². The van der Waals surface area contributed by atoms with Gasteiger partial charge in [-0.05, 0) is 72.2 Å². The molecule has 4 aromatic carbocycles. The van der Waals surface area contributed by atoms with Crippen LogP contribution in [0, 0.1) is 0 Å². The molecule has 0 aromatic heterocycles. The fourth-order valence-electron chi connectivity index (χ4n) is 6.59. The van der Waals surface area contributed by atoms with Crippen molar-refractivity contribution in [3.05, 3.63) is 95.1 Å². The quantitative estimate of drug-likeness (QED) is 0.286. The van der Waals surface area contributed by atoms with Gasteiger partial charge in [-0.15, -0.1) is 0 Å². The van der Waals surface area contributed by atoms with Gasteiger partial charge in [0.15, 0.2) is 0 Å². The summed E-state index contributed by atoms with van der Waals surface area (Å²) in [5.74, 6) is 2.38. The molecule has 2 aliphatic carbocycles. The Morgan fingerprint density at radius 3 is 1.50 bits per heavy atom. The van der Waals surface area contributed by atoms with E-state index >= 15 is 0 Å². The van der Waals surface area contributed by atoms with Gasteiger partial charge in [-0.25, -0.2) is 4.57 Å². The predicted octanol–water partition coefficient (Wildman–Crippen LogP) is 7.09. The van der Waals surface area contributed by atoms with Crippen LogP contribution < -0.4 is 18.5 Å². The van der Waals surface area contributed by atoms with Crippen LogP contribution in [-0.4, -0.2) is 19.1 Å². The summed E-state index contributed by atoms with van der Waals surface area (Å²) in [5.41, 5.74) is 7.34. The van der Waals surface area contributed by atoms with Gasteiger partial charge in [0.25, 0.3) is 0 Å². The van der Waals surface area contributed by atoms with E-state index < -0.39 is 7.82 Å². The minimum atomic E-state index is -4.54. The minimum Gasteiger partial charge on any atom is -0.497 e. The molecule has 192 valence electrons. The number of hydrogen-bond acceptors (Lipinski definition) is 5. The number of aryl methyl sites for hydroxylation is 2. The molecule has 1 N–H and O–H groups in total. The molecule has 0 fully saturated rings. The first-order valence-electron chi connectivity index (χ1n) is 12.8. The van der Waals surface area contributed by atoms with Crippen molar-refractivity contribution in [1.82, 2.24) is 0 Å². The van der Waals surface area contributed by atoms with Crippen molar-refractivity contribution in [2.45, 2.75) is 31.1 Å². The lowest BCUT2D eigenvalue weighted by Gasteiger charge is -2.34. The third kappa shape index (κ3) is 3.40. The number of rotatable bonds is 4. The van der Waals surface area contributed by atoms with Crippen molar-refractivity contribution in [1.29, 1.82) is 0 Å². The lowest BCUT2D eigenvalue weighted by atomic mass is 9.74. The summed E-state index contributed by atoms with van der Waals surface area (Å²) in [6, 6.07) is 23.6. The molecule has 0 radical (unpaired) electrons. The van der Waals surface area contributed by atoms with Crippen molar-refractivity contribution >= 4 is 7.82 Å². The van der Waals surface area contributed by atoms with Crippen molar-refractivity contribution < 1.29 is 28.0 Å². The Morgan fingerprint density at radius 2 is 1.11 bits per heavy atom. The van der Waals surface area contributed by atoms with Gasteiger partial charge in [0, 0.05) is 27.7 Å². The van der Waals surface area contributed by atoms with Gasteiger partial charge in [0.2, 0.25) is 0 Å². The smallest absolute Gasteiger partial charge is 0.497 e. The van der Waals surface area contributed by atoms with Gasteiger partial charge in [-0.2, -0.15) is 0 Å². The molecular weight excluding hydrogens is 499 g/mol. The SMILES string of the molecule is COc1ccc(-c2ccc3c4c2OP(=O)(O)Oc2c(-c5ccc(OC)cc5)ccc5c2C4(CC3)CC5)cc1. The number of ether oxygens (including phenoxy) is 2. The number of methoxy groups -OCH3 is 2. The van der Waals surface area contributed by atoms with E-state index in [2.05, 4.69) is 12.1 Å². The van der Waals surface area contributed by atoms with Gasteiger partial charge in [0.1, 0.15) is 23.0 Å². The van der Waals surface area contributed by atoms with Crippen LogP contribution >= 0.6 is 7.82 Å². The van der Waals surface area contributed by atoms with Crippen LogP contribution in [-0.2, 0) is 22.8 Å². The molecule has 7 heteroatoms. The monoisotopic (exact) mass is 526 g/mol. The minimum absolute atomic E-state index is 0.347. The fourth-order valence-corrected chi connectivity index (χ4v) is 7.47. The third-order valence-corrected chi connectivity index (χ3v) is 9.13. The van der Waals surface area contributed by atoms with Gasteiger partial charge in [0.05, 0.1) is 14.2 Å². The summed E-state index contributed by atoms with van der Waals surface area (Å²) in [6.45, 7) is 0. The van der Waals surface area contributed by atoms with Gasteiger partial charge in [-0.3, -0.25) is 4.89 Å². The Balaban J connectivity index is 1.49. The molecular formula is C31H27O6P. The number of phosphoric ester groups is 1. The zero-order chi connectivity index (χ0) is 26.1. The Hall–Kier alpha value is -3.73. The van der Waals surface area contributed by atoms with Gasteiger partial charge in [-0.1, -0.05) is 48.5 Å². The van der Waals surface area contributed by atoms with Crippen molar-refractivity contribution in [2.24, 2.45) is 0 Å². The number of hydrogen-bond donors (Lipinski definition) is 1. The Morgan fingerprint density at radius 1 is 0.684 bits per heavy atom. The molecule has 1 heterocycles. The topological polar surface area (TPSA) is 74.2 Å². The lowest BCUT2D eigenvalue weighted by Crippen LogP contribution is -2.25. The van der Waals surface area contributed by atoms with Gasteiger partial charge < -0.3 is 18.5 Å². The second-order valence-corrected chi connectivity index (χ2v) is 11.4. The maximum atomic E-state index is 13.6. The molecule has 38 heavy (non-hydrogen) atoms. The summed E-state index contributed by atoms with van der Waals surface area (Å²) in [6.07, 6.45) is 3.54. The van der Waals surface area contributed by atoms with Crippen molar-refractivity contribution in [3.8, 4) is 45.3 Å². The zero-order valence-electron chi connectivity index (χ0n) is 21.2. The molecule has 0 saturated heterocycles. The van der Waals surface area contributed by atoms with Crippen LogP contribution in [0.1, 0.15) is 35.1 Å². The highest BCUT2D eigenvalue weighted by atomic mass is 31.2. The van der Waals surface area contributed by atoms with Crippen molar-refractivity contribution in [3.63, 3.8) is 0 Å². The molecule has 6 nitrogen and oxygen atoms in total. The lowest BCUT2D eigenvalue weighted by molar-refractivity contribution is 0.281. The molecule has 7 rings (SSSR count). The maximum Gasteiger partial charge on any atom is 0.584 e. The van der Waals surface area contributed by atoms with E-state index in [0.717, 1.165) is 81.7 Å². The normalized spacial score (nSPS) is 17.3. The maximum absolute atomic E-state index is 13.6. The zero-order valence-corrected chi connectivity index (χ0v) is 22.1. The molecule has 4 aromatic rings. The second kappa shape index (κ2) is 8.39. The highest BCUT2D eigenvalue weighted by Gasteiger charge is 2.52. The molecule has 0 atom stereocenters. The summed E-state index contributed by atoms with van der Waals surface area (Å²) < 4.78 is 36.4. The predicted molar refractivity (Wildman–Crippen MR) is 145 cm³/mol. The van der Waals surface area contributed by atoms with Crippen molar-refractivity contribution in [2.75, 3.05) is 14.2 Å². The standard InChI is InChI=1S/C31H27O6P/c1-34-23-9-3-19(4-10-23)25-13-7-21-15-17-31-18-16-22-8-14-26(20-5-11-24(35-2)12-6-20)30(28(22)31)37-38(32,33)36-29(25)27(21)31/h3-14H,15-18H2,1-2H3,(H,32,33). The van der Waals surface area contributed by atoms with Crippen LogP contribution in [0.4, 0.5) is 0 Å². The molecule has 0 saturated carbocycles. The molecule has 0 amide bonds. The van der Waals surface area contributed by atoms with Crippen LogP contribution in [0.3, 0.4) is 0 Å². The van der Waals surface area contributed by atoms with E-state index in [0.29, 0.717) is 11.5 Å². The average Bonchev–Trinajstić information content (AvgIpc) is 3.50. The van der Waals surface area contributed by atoms with E-state index in [4.69, 9.17) is 18.5 Å². The highest BCUT2D eigenvalue weighted by molar-refractivity contribution is 7.48. The fraction of sp³-hybridized carbons (Fsp3) is 0.226. The Bertz CT molecular complexity index is 1510. The first-order chi connectivity index (χ1) is 18.4.